The molecule has 30 heavy (non-hydrogen) atoms. The van der Waals surface area contributed by atoms with E-state index >= 15 is 0 Å². The van der Waals surface area contributed by atoms with Crippen LogP contribution in [0.2, 0.25) is 5.02 Å². The molecule has 156 valence electrons. The number of nitrogens with zero attached hydrogens (tertiary/aromatic N) is 2. The molecule has 0 aliphatic carbocycles. The van der Waals surface area contributed by atoms with Crippen molar-refractivity contribution < 1.29 is 17.9 Å². The number of ether oxygens (including phenoxy) is 1. The molecular weight excluding hydrogens is 446 g/mol. The Labute approximate surface area is 183 Å². The Morgan fingerprint density at radius 1 is 1.30 bits per heavy atom. The number of thiazole rings is 1. The lowest BCUT2D eigenvalue weighted by molar-refractivity contribution is -0.124. The van der Waals surface area contributed by atoms with Gasteiger partial charge in [0.05, 0.1) is 4.90 Å². The van der Waals surface area contributed by atoms with Gasteiger partial charge in [-0.1, -0.05) is 17.7 Å². The maximum atomic E-state index is 12.9. The Bertz CT molecular complexity index is 1180. The average molecular weight is 464 g/mol. The second kappa shape index (κ2) is 8.25. The highest BCUT2D eigenvalue weighted by Crippen LogP contribution is 2.32. The van der Waals surface area contributed by atoms with Crippen molar-refractivity contribution in [1.29, 1.82) is 0 Å². The monoisotopic (exact) mass is 463 g/mol. The van der Waals surface area contributed by atoms with Crippen molar-refractivity contribution in [3.05, 3.63) is 64.6 Å². The summed E-state index contributed by atoms with van der Waals surface area (Å²) in [7, 11) is -3.75. The SMILES string of the molecule is CC(Oc1cccc(Cl)c1)C(=O)N1CCc2cc(S(=O)(=O)Nc3nccs3)ccc21. The van der Waals surface area contributed by atoms with Crippen LogP contribution in [0.15, 0.2) is 58.9 Å². The van der Waals surface area contributed by atoms with Gasteiger partial charge < -0.3 is 9.64 Å². The van der Waals surface area contributed by atoms with E-state index < -0.39 is 16.1 Å². The van der Waals surface area contributed by atoms with Crippen LogP contribution in [0.5, 0.6) is 5.75 Å². The first-order valence-electron chi connectivity index (χ1n) is 9.12. The van der Waals surface area contributed by atoms with E-state index in [-0.39, 0.29) is 10.8 Å². The number of fused-ring (bicyclic) bond motifs is 1. The Morgan fingerprint density at radius 3 is 2.87 bits per heavy atom. The number of aromatic nitrogens is 1. The summed E-state index contributed by atoms with van der Waals surface area (Å²) in [5.41, 5.74) is 1.48. The molecule has 1 amide bonds. The van der Waals surface area contributed by atoms with E-state index in [1.807, 2.05) is 0 Å². The fraction of sp³-hybridized carbons (Fsp3) is 0.200. The molecule has 1 aliphatic rings. The molecule has 7 nitrogen and oxygen atoms in total. The lowest BCUT2D eigenvalue weighted by atomic mass is 10.2. The summed E-state index contributed by atoms with van der Waals surface area (Å²) in [5.74, 6) is 0.308. The predicted molar refractivity (Wildman–Crippen MR) is 117 cm³/mol. The number of amides is 1. The van der Waals surface area contributed by atoms with Crippen molar-refractivity contribution in [2.45, 2.75) is 24.3 Å². The summed E-state index contributed by atoms with van der Waals surface area (Å²) in [6.45, 7) is 2.14. The van der Waals surface area contributed by atoms with E-state index in [1.54, 1.807) is 53.6 Å². The Kier molecular flexibility index (Phi) is 5.68. The molecule has 2 heterocycles. The largest absolute Gasteiger partial charge is 0.481 e. The van der Waals surface area contributed by atoms with E-state index in [4.69, 9.17) is 16.3 Å². The van der Waals surface area contributed by atoms with Crippen molar-refractivity contribution >= 4 is 49.7 Å². The van der Waals surface area contributed by atoms with Crippen LogP contribution < -0.4 is 14.4 Å². The molecule has 1 aromatic heterocycles. The van der Waals surface area contributed by atoms with Gasteiger partial charge in [-0.25, -0.2) is 13.4 Å². The fourth-order valence-electron chi connectivity index (χ4n) is 3.24. The summed E-state index contributed by atoms with van der Waals surface area (Å²) in [6, 6.07) is 11.6. The molecule has 0 fully saturated rings. The number of carbonyl (C=O) groups excluding carboxylic acids is 1. The summed E-state index contributed by atoms with van der Waals surface area (Å²) in [5, 5.41) is 2.52. The Balaban J connectivity index is 1.51. The molecule has 2 aromatic carbocycles. The third kappa shape index (κ3) is 4.28. The molecule has 3 aromatic rings. The maximum Gasteiger partial charge on any atom is 0.267 e. The van der Waals surface area contributed by atoms with Gasteiger partial charge in [-0.2, -0.15) is 0 Å². The van der Waals surface area contributed by atoms with Gasteiger partial charge in [-0.15, -0.1) is 11.3 Å². The minimum absolute atomic E-state index is 0.133. The fourth-order valence-corrected chi connectivity index (χ4v) is 5.26. The van der Waals surface area contributed by atoms with Gasteiger partial charge in [0, 0.05) is 28.8 Å². The predicted octanol–water partition coefficient (Wildman–Crippen LogP) is 3.95. The number of nitrogens with one attached hydrogen (secondary N) is 1. The molecule has 10 heteroatoms. The van der Waals surface area contributed by atoms with Crippen molar-refractivity contribution in [2.24, 2.45) is 0 Å². The second-order valence-corrected chi connectivity index (χ2v) is 9.70. The summed E-state index contributed by atoms with van der Waals surface area (Å²) in [6.07, 6.45) is 1.37. The zero-order valence-corrected chi connectivity index (χ0v) is 18.3. The van der Waals surface area contributed by atoms with Crippen LogP contribution in [0.3, 0.4) is 0 Å². The lowest BCUT2D eigenvalue weighted by Crippen LogP contribution is -2.39. The van der Waals surface area contributed by atoms with Gasteiger partial charge in [-0.05, 0) is 55.3 Å². The van der Waals surface area contributed by atoms with Gasteiger partial charge in [0.2, 0.25) is 0 Å². The molecule has 4 rings (SSSR count). The molecule has 1 unspecified atom stereocenters. The third-order valence-electron chi connectivity index (χ3n) is 4.63. The minimum Gasteiger partial charge on any atom is -0.481 e. The van der Waals surface area contributed by atoms with Crippen molar-refractivity contribution in [3.8, 4) is 5.75 Å². The number of hydrogen-bond donors (Lipinski definition) is 1. The molecule has 0 saturated heterocycles. The molecule has 0 spiro atoms. The van der Waals surface area contributed by atoms with Gasteiger partial charge in [0.15, 0.2) is 11.2 Å². The zero-order chi connectivity index (χ0) is 21.3. The number of hydrogen-bond acceptors (Lipinski definition) is 6. The molecule has 1 aliphatic heterocycles. The minimum atomic E-state index is -3.75. The van der Waals surface area contributed by atoms with E-state index in [0.29, 0.717) is 34.6 Å². The number of sulfonamides is 1. The van der Waals surface area contributed by atoms with Crippen LogP contribution >= 0.6 is 22.9 Å². The summed E-state index contributed by atoms with van der Waals surface area (Å²) < 4.78 is 33.4. The van der Waals surface area contributed by atoms with E-state index in [9.17, 15) is 13.2 Å². The first-order valence-corrected chi connectivity index (χ1v) is 11.9. The van der Waals surface area contributed by atoms with Gasteiger partial charge in [0.1, 0.15) is 5.75 Å². The van der Waals surface area contributed by atoms with Crippen LogP contribution in [0, 0.1) is 0 Å². The Morgan fingerprint density at radius 2 is 2.13 bits per heavy atom. The van der Waals surface area contributed by atoms with E-state index in [2.05, 4.69) is 9.71 Å². The quantitative estimate of drug-likeness (QED) is 0.597. The molecular formula is C20H18ClN3O4S2. The third-order valence-corrected chi connectivity index (χ3v) is 7.02. The number of rotatable bonds is 6. The van der Waals surface area contributed by atoms with Gasteiger partial charge in [-0.3, -0.25) is 9.52 Å². The van der Waals surface area contributed by atoms with E-state index in [0.717, 1.165) is 5.56 Å². The number of carbonyl (C=O) groups is 1. The van der Waals surface area contributed by atoms with Crippen LogP contribution in [0.25, 0.3) is 0 Å². The standard InChI is InChI=1S/C20H18ClN3O4S2/c1-13(28-16-4-2-3-15(21)12-16)19(25)24-9-7-14-11-17(5-6-18(14)24)30(26,27)23-20-22-8-10-29-20/h2-6,8,10-13H,7,9H2,1H3,(H,22,23). The van der Waals surface area contributed by atoms with Crippen LogP contribution in [0.4, 0.5) is 10.8 Å². The highest BCUT2D eigenvalue weighted by Gasteiger charge is 2.30. The summed E-state index contributed by atoms with van der Waals surface area (Å²) >= 11 is 7.17. The number of halogens is 1. The lowest BCUT2D eigenvalue weighted by Gasteiger charge is -2.22. The normalized spacial score (nSPS) is 14.3. The van der Waals surface area contributed by atoms with Gasteiger partial charge in [0.25, 0.3) is 15.9 Å². The smallest absolute Gasteiger partial charge is 0.267 e. The highest BCUT2D eigenvalue weighted by molar-refractivity contribution is 7.93. The zero-order valence-electron chi connectivity index (χ0n) is 15.9. The molecule has 0 saturated carbocycles. The second-order valence-electron chi connectivity index (χ2n) is 6.69. The number of anilines is 2. The van der Waals surface area contributed by atoms with Crippen molar-refractivity contribution in [1.82, 2.24) is 4.98 Å². The topological polar surface area (TPSA) is 88.6 Å². The van der Waals surface area contributed by atoms with Crippen LogP contribution in [0.1, 0.15) is 12.5 Å². The van der Waals surface area contributed by atoms with Crippen LogP contribution in [-0.4, -0.2) is 32.0 Å². The van der Waals surface area contributed by atoms with Gasteiger partial charge >= 0.3 is 0 Å². The highest BCUT2D eigenvalue weighted by atomic mass is 35.5. The van der Waals surface area contributed by atoms with Crippen molar-refractivity contribution in [3.63, 3.8) is 0 Å². The van der Waals surface area contributed by atoms with Crippen LogP contribution in [-0.2, 0) is 21.2 Å². The summed E-state index contributed by atoms with van der Waals surface area (Å²) in [4.78, 5) is 18.6. The maximum absolute atomic E-state index is 12.9. The molecule has 0 radical (unpaired) electrons. The number of benzene rings is 2. The first-order chi connectivity index (χ1) is 14.3. The Hall–Kier alpha value is -2.62. The molecule has 1 atom stereocenters. The molecule has 0 bridgehead atoms. The van der Waals surface area contributed by atoms with Crippen molar-refractivity contribution in [2.75, 3.05) is 16.2 Å². The average Bonchev–Trinajstić information content (AvgIpc) is 3.36. The molecule has 1 N–H and O–H groups in total. The van der Waals surface area contributed by atoms with E-state index in [1.165, 1.54) is 23.6 Å². The first kappa shape index (κ1) is 20.6.